The molecule has 0 aromatic carbocycles. The number of aryl methyl sites for hydroxylation is 1. The summed E-state index contributed by atoms with van der Waals surface area (Å²) in [6.07, 6.45) is 4.35. The number of rotatable bonds is 7. The zero-order valence-corrected chi connectivity index (χ0v) is 12.0. The van der Waals surface area contributed by atoms with Crippen LogP contribution >= 0.6 is 0 Å². The lowest BCUT2D eigenvalue weighted by Crippen LogP contribution is -2.40. The fraction of sp³-hybridized carbons (Fsp3) is 0.467. The average Bonchev–Trinajstić information content (AvgIpc) is 2.36. The molecule has 0 fully saturated rings. The summed E-state index contributed by atoms with van der Waals surface area (Å²) in [5.41, 5.74) is 2.27. The normalized spacial score (nSPS) is 12.2. The Morgan fingerprint density at radius 3 is 3.00 bits per heavy atom. The van der Waals surface area contributed by atoms with Crippen LogP contribution in [0.25, 0.3) is 0 Å². The molecule has 0 aliphatic carbocycles. The number of nitrogens with zero attached hydrogens (tertiary/aromatic N) is 2. The summed E-state index contributed by atoms with van der Waals surface area (Å²) in [6, 6.07) is 4.34. The molecule has 1 unspecified atom stereocenters. The minimum Gasteiger partial charge on any atom is -0.352 e. The maximum atomic E-state index is 11.6. The van der Waals surface area contributed by atoms with Gasteiger partial charge in [-0.05, 0) is 38.6 Å². The molecular formula is C15H23N3O. The summed E-state index contributed by atoms with van der Waals surface area (Å²) in [6.45, 7) is 8.64. The summed E-state index contributed by atoms with van der Waals surface area (Å²) >= 11 is 0. The quantitative estimate of drug-likeness (QED) is 0.758. The molecule has 104 valence electrons. The van der Waals surface area contributed by atoms with E-state index in [0.717, 1.165) is 12.1 Å². The minimum absolute atomic E-state index is 0.0199. The van der Waals surface area contributed by atoms with Gasteiger partial charge in [-0.15, -0.1) is 6.58 Å². The molecule has 1 amide bonds. The first-order chi connectivity index (χ1) is 9.02. The number of nitrogens with one attached hydrogen (secondary N) is 1. The zero-order valence-electron chi connectivity index (χ0n) is 12.0. The number of pyridine rings is 1. The van der Waals surface area contributed by atoms with Gasteiger partial charge in [-0.1, -0.05) is 6.08 Å². The van der Waals surface area contributed by atoms with Gasteiger partial charge in [-0.3, -0.25) is 14.7 Å². The van der Waals surface area contributed by atoms with Gasteiger partial charge in [0.25, 0.3) is 0 Å². The molecule has 19 heavy (non-hydrogen) atoms. The van der Waals surface area contributed by atoms with Crippen molar-refractivity contribution in [1.82, 2.24) is 15.2 Å². The van der Waals surface area contributed by atoms with Gasteiger partial charge in [0.15, 0.2) is 0 Å². The van der Waals surface area contributed by atoms with Crippen molar-refractivity contribution in [3.63, 3.8) is 0 Å². The van der Waals surface area contributed by atoms with Crippen molar-refractivity contribution < 1.29 is 4.79 Å². The van der Waals surface area contributed by atoms with E-state index in [4.69, 9.17) is 0 Å². The summed E-state index contributed by atoms with van der Waals surface area (Å²) in [5, 5.41) is 2.78. The number of aromatic nitrogens is 1. The van der Waals surface area contributed by atoms with Crippen LogP contribution in [0.4, 0.5) is 0 Å². The number of hydrogen-bond donors (Lipinski definition) is 1. The van der Waals surface area contributed by atoms with Crippen LogP contribution in [0.15, 0.2) is 31.0 Å². The Labute approximate surface area is 115 Å². The van der Waals surface area contributed by atoms with Crippen molar-refractivity contribution in [3.05, 3.63) is 42.2 Å². The summed E-state index contributed by atoms with van der Waals surface area (Å²) in [5.74, 6) is 0.0199. The number of likely N-dealkylation sites (N-methyl/N-ethyl adjacent to an activating group) is 1. The van der Waals surface area contributed by atoms with Gasteiger partial charge in [0.2, 0.25) is 5.91 Å². The molecule has 0 bridgehead atoms. The van der Waals surface area contributed by atoms with Crippen molar-refractivity contribution in [2.45, 2.75) is 26.3 Å². The fourth-order valence-corrected chi connectivity index (χ4v) is 1.79. The Bertz CT molecular complexity index is 431. The van der Waals surface area contributed by atoms with Gasteiger partial charge in [-0.2, -0.15) is 0 Å². The van der Waals surface area contributed by atoms with Crippen molar-refractivity contribution in [2.24, 2.45) is 0 Å². The highest BCUT2D eigenvalue weighted by Crippen LogP contribution is 2.06. The Hall–Kier alpha value is -1.68. The van der Waals surface area contributed by atoms with E-state index in [1.54, 1.807) is 6.08 Å². The first-order valence-corrected chi connectivity index (χ1v) is 6.52. The van der Waals surface area contributed by atoms with Crippen LogP contribution < -0.4 is 5.32 Å². The Morgan fingerprint density at radius 1 is 1.63 bits per heavy atom. The Balaban J connectivity index is 2.46. The van der Waals surface area contributed by atoms with Crippen molar-refractivity contribution >= 4 is 5.91 Å². The third kappa shape index (κ3) is 5.66. The first-order valence-electron chi connectivity index (χ1n) is 6.52. The Kier molecular flexibility index (Phi) is 6.22. The second-order valence-corrected chi connectivity index (χ2v) is 4.89. The van der Waals surface area contributed by atoms with E-state index >= 15 is 0 Å². The third-order valence-electron chi connectivity index (χ3n) is 3.07. The second kappa shape index (κ2) is 7.69. The van der Waals surface area contributed by atoms with Crippen LogP contribution in [0.5, 0.6) is 0 Å². The highest BCUT2D eigenvalue weighted by molar-refractivity contribution is 5.78. The van der Waals surface area contributed by atoms with Gasteiger partial charge >= 0.3 is 0 Å². The Morgan fingerprint density at radius 2 is 2.37 bits per heavy atom. The van der Waals surface area contributed by atoms with Gasteiger partial charge in [-0.25, -0.2) is 0 Å². The molecule has 4 heteroatoms. The molecule has 1 atom stereocenters. The molecular weight excluding hydrogens is 238 g/mol. The number of hydrogen-bond acceptors (Lipinski definition) is 3. The van der Waals surface area contributed by atoms with Crippen LogP contribution in [0.1, 0.15) is 18.2 Å². The molecule has 0 aliphatic heterocycles. The summed E-state index contributed by atoms with van der Waals surface area (Å²) in [4.78, 5) is 18.0. The predicted octanol–water partition coefficient (Wildman–Crippen LogP) is 1.56. The van der Waals surface area contributed by atoms with E-state index in [9.17, 15) is 4.79 Å². The first kappa shape index (κ1) is 15.4. The fourth-order valence-electron chi connectivity index (χ4n) is 1.79. The SMILES string of the molecule is C=CCNC(=O)CN(C)C(C)Cc1cc(C)ccn1. The van der Waals surface area contributed by atoms with Crippen molar-refractivity contribution in [1.29, 1.82) is 0 Å². The van der Waals surface area contributed by atoms with E-state index in [2.05, 4.69) is 36.8 Å². The molecule has 4 nitrogen and oxygen atoms in total. The molecule has 0 radical (unpaired) electrons. The lowest BCUT2D eigenvalue weighted by Gasteiger charge is -2.23. The summed E-state index contributed by atoms with van der Waals surface area (Å²) in [7, 11) is 1.95. The number of amides is 1. The molecule has 1 aromatic rings. The number of carbonyl (C=O) groups excluding carboxylic acids is 1. The van der Waals surface area contributed by atoms with Crippen molar-refractivity contribution in [2.75, 3.05) is 20.1 Å². The van der Waals surface area contributed by atoms with E-state index < -0.39 is 0 Å². The van der Waals surface area contributed by atoms with Gasteiger partial charge in [0.05, 0.1) is 6.54 Å². The monoisotopic (exact) mass is 261 g/mol. The lowest BCUT2D eigenvalue weighted by atomic mass is 10.1. The van der Waals surface area contributed by atoms with E-state index in [1.165, 1.54) is 5.56 Å². The smallest absolute Gasteiger partial charge is 0.234 e. The van der Waals surface area contributed by atoms with Crippen LogP contribution in [0, 0.1) is 6.92 Å². The zero-order chi connectivity index (χ0) is 14.3. The number of carbonyl (C=O) groups is 1. The van der Waals surface area contributed by atoms with E-state index in [-0.39, 0.29) is 11.9 Å². The van der Waals surface area contributed by atoms with Gasteiger partial charge < -0.3 is 5.32 Å². The third-order valence-corrected chi connectivity index (χ3v) is 3.07. The van der Waals surface area contributed by atoms with Crippen LogP contribution in [0.3, 0.4) is 0 Å². The van der Waals surface area contributed by atoms with E-state index in [0.29, 0.717) is 13.1 Å². The topological polar surface area (TPSA) is 45.2 Å². The standard InChI is InChI=1S/C15H23N3O/c1-5-7-17-15(19)11-18(4)13(3)10-14-9-12(2)6-8-16-14/h5-6,8-9,13H,1,7,10-11H2,2-4H3,(H,17,19). The van der Waals surface area contributed by atoms with Crippen molar-refractivity contribution in [3.8, 4) is 0 Å². The second-order valence-electron chi connectivity index (χ2n) is 4.89. The molecule has 1 N–H and O–H groups in total. The molecule has 0 saturated heterocycles. The van der Waals surface area contributed by atoms with Crippen LogP contribution in [0.2, 0.25) is 0 Å². The lowest BCUT2D eigenvalue weighted by molar-refractivity contribution is -0.122. The summed E-state index contributed by atoms with van der Waals surface area (Å²) < 4.78 is 0. The van der Waals surface area contributed by atoms with E-state index in [1.807, 2.05) is 24.2 Å². The van der Waals surface area contributed by atoms with Crippen LogP contribution in [-0.2, 0) is 11.2 Å². The van der Waals surface area contributed by atoms with Crippen LogP contribution in [-0.4, -0.2) is 42.0 Å². The predicted molar refractivity (Wildman–Crippen MR) is 78.0 cm³/mol. The highest BCUT2D eigenvalue weighted by atomic mass is 16.2. The highest BCUT2D eigenvalue weighted by Gasteiger charge is 2.13. The molecule has 1 heterocycles. The largest absolute Gasteiger partial charge is 0.352 e. The molecule has 0 spiro atoms. The maximum Gasteiger partial charge on any atom is 0.234 e. The van der Waals surface area contributed by atoms with Gasteiger partial charge in [0, 0.05) is 30.9 Å². The minimum atomic E-state index is 0.0199. The molecule has 0 saturated carbocycles. The maximum absolute atomic E-state index is 11.6. The van der Waals surface area contributed by atoms with Gasteiger partial charge in [0.1, 0.15) is 0 Å². The molecule has 0 aliphatic rings. The molecule has 1 aromatic heterocycles. The molecule has 1 rings (SSSR count). The average molecular weight is 261 g/mol.